The van der Waals surface area contributed by atoms with Gasteiger partial charge in [-0.25, -0.2) is 4.98 Å². The molecule has 7 heteroatoms. The molecule has 1 aliphatic heterocycles. The van der Waals surface area contributed by atoms with Crippen molar-refractivity contribution in [3.05, 3.63) is 23.9 Å². The number of likely N-dealkylation sites (tertiary alicyclic amines) is 1. The second-order valence-electron chi connectivity index (χ2n) is 4.88. The summed E-state index contributed by atoms with van der Waals surface area (Å²) in [6, 6.07) is 2.59. The number of aliphatic carboxylic acids is 1. The van der Waals surface area contributed by atoms with E-state index in [2.05, 4.69) is 15.6 Å². The Labute approximate surface area is 117 Å². The van der Waals surface area contributed by atoms with Crippen LogP contribution < -0.4 is 10.6 Å². The molecule has 1 fully saturated rings. The highest BCUT2D eigenvalue weighted by molar-refractivity contribution is 5.95. The zero-order valence-electron chi connectivity index (χ0n) is 11.5. The van der Waals surface area contributed by atoms with Crippen molar-refractivity contribution in [2.45, 2.75) is 18.5 Å². The highest BCUT2D eigenvalue weighted by Crippen LogP contribution is 2.16. The first-order chi connectivity index (χ1) is 9.51. The highest BCUT2D eigenvalue weighted by Gasteiger charge is 2.35. The van der Waals surface area contributed by atoms with Crippen LogP contribution in [0.5, 0.6) is 0 Å². The van der Waals surface area contributed by atoms with Crippen molar-refractivity contribution in [3.8, 4) is 0 Å². The molecule has 1 aliphatic rings. The molecule has 3 N–H and O–H groups in total. The highest BCUT2D eigenvalue weighted by atomic mass is 16.4. The summed E-state index contributed by atoms with van der Waals surface area (Å²) in [4.78, 5) is 28.9. The van der Waals surface area contributed by atoms with E-state index in [1.165, 1.54) is 0 Å². The molecule has 2 heterocycles. The van der Waals surface area contributed by atoms with Crippen molar-refractivity contribution in [3.63, 3.8) is 0 Å². The van der Waals surface area contributed by atoms with Gasteiger partial charge in [0.15, 0.2) is 0 Å². The van der Waals surface area contributed by atoms with Gasteiger partial charge in [-0.3, -0.25) is 14.5 Å². The second-order valence-corrected chi connectivity index (χ2v) is 4.88. The average Bonchev–Trinajstić information content (AvgIpc) is 2.79. The molecule has 2 atom stereocenters. The van der Waals surface area contributed by atoms with Crippen LogP contribution in [0.25, 0.3) is 0 Å². The standard InChI is InChI=1S/C13H18N4O3/c1-14-11-5-8(3-4-15-11)12(18)16-9-6-10(13(19)20)17(2)7-9/h3-5,9-10H,6-7H2,1-2H3,(H,14,15)(H,16,18)(H,19,20)/t9-,10-/m0/s1. The lowest BCUT2D eigenvalue weighted by atomic mass is 10.1. The van der Waals surface area contributed by atoms with E-state index in [1.54, 1.807) is 37.3 Å². The van der Waals surface area contributed by atoms with E-state index in [9.17, 15) is 9.59 Å². The van der Waals surface area contributed by atoms with Crippen LogP contribution in [0.2, 0.25) is 0 Å². The number of carboxylic acids is 1. The maximum absolute atomic E-state index is 12.1. The normalized spacial score (nSPS) is 22.5. The first-order valence-electron chi connectivity index (χ1n) is 6.39. The molecule has 1 saturated heterocycles. The number of rotatable bonds is 4. The molecule has 0 spiro atoms. The number of carboxylic acid groups (broad SMARTS) is 1. The Hall–Kier alpha value is -2.15. The van der Waals surface area contributed by atoms with Gasteiger partial charge in [0.1, 0.15) is 11.9 Å². The lowest BCUT2D eigenvalue weighted by molar-refractivity contribution is -0.141. The Balaban J connectivity index is 2.00. The largest absolute Gasteiger partial charge is 0.480 e. The number of pyridine rings is 1. The summed E-state index contributed by atoms with van der Waals surface area (Å²) in [6.07, 6.45) is 1.98. The third-order valence-corrected chi connectivity index (χ3v) is 3.45. The number of carbonyl (C=O) groups is 2. The van der Waals surface area contributed by atoms with Crippen LogP contribution in [0.3, 0.4) is 0 Å². The van der Waals surface area contributed by atoms with Crippen LogP contribution in [-0.2, 0) is 4.79 Å². The number of anilines is 1. The van der Waals surface area contributed by atoms with E-state index < -0.39 is 12.0 Å². The molecule has 0 saturated carbocycles. The fourth-order valence-corrected chi connectivity index (χ4v) is 2.37. The van der Waals surface area contributed by atoms with Crippen LogP contribution >= 0.6 is 0 Å². The number of nitrogens with one attached hydrogen (secondary N) is 2. The van der Waals surface area contributed by atoms with Crippen LogP contribution in [0.4, 0.5) is 5.82 Å². The maximum Gasteiger partial charge on any atom is 0.320 e. The van der Waals surface area contributed by atoms with Gasteiger partial charge >= 0.3 is 5.97 Å². The third kappa shape index (κ3) is 3.05. The number of likely N-dealkylation sites (N-methyl/N-ethyl adjacent to an activating group) is 1. The Morgan fingerprint density at radius 3 is 2.85 bits per heavy atom. The molecular weight excluding hydrogens is 260 g/mol. The summed E-state index contributed by atoms with van der Waals surface area (Å²) in [5.41, 5.74) is 0.505. The third-order valence-electron chi connectivity index (χ3n) is 3.45. The topological polar surface area (TPSA) is 94.6 Å². The number of hydrogen-bond acceptors (Lipinski definition) is 5. The van der Waals surface area contributed by atoms with Crippen molar-refractivity contribution in [2.24, 2.45) is 0 Å². The number of amides is 1. The van der Waals surface area contributed by atoms with Gasteiger partial charge in [-0.05, 0) is 25.6 Å². The minimum absolute atomic E-state index is 0.153. The van der Waals surface area contributed by atoms with Gasteiger partial charge in [-0.15, -0.1) is 0 Å². The summed E-state index contributed by atoms with van der Waals surface area (Å²) < 4.78 is 0. The zero-order chi connectivity index (χ0) is 14.7. The maximum atomic E-state index is 12.1. The summed E-state index contributed by atoms with van der Waals surface area (Å²) in [7, 11) is 3.48. The fraction of sp³-hybridized carbons (Fsp3) is 0.462. The predicted octanol–water partition coefficient (Wildman–Crippen LogP) is 0.0104. The van der Waals surface area contributed by atoms with E-state index in [4.69, 9.17) is 5.11 Å². The molecular formula is C13H18N4O3. The molecule has 1 aromatic rings. The summed E-state index contributed by atoms with van der Waals surface area (Å²) in [5, 5.41) is 14.8. The van der Waals surface area contributed by atoms with Crippen LogP contribution in [0, 0.1) is 0 Å². The first kappa shape index (κ1) is 14.3. The van der Waals surface area contributed by atoms with Gasteiger partial charge < -0.3 is 15.7 Å². The molecule has 0 aromatic carbocycles. The van der Waals surface area contributed by atoms with Gasteiger partial charge in [-0.2, -0.15) is 0 Å². The van der Waals surface area contributed by atoms with Crippen LogP contribution in [-0.4, -0.2) is 59.6 Å². The number of carbonyl (C=O) groups excluding carboxylic acids is 1. The minimum Gasteiger partial charge on any atom is -0.480 e. The van der Waals surface area contributed by atoms with Crippen LogP contribution in [0.15, 0.2) is 18.3 Å². The second kappa shape index (κ2) is 5.87. The summed E-state index contributed by atoms with van der Waals surface area (Å²) >= 11 is 0. The first-order valence-corrected chi connectivity index (χ1v) is 6.39. The average molecular weight is 278 g/mol. The van der Waals surface area contributed by atoms with Gasteiger partial charge in [0, 0.05) is 31.4 Å². The number of aromatic nitrogens is 1. The van der Waals surface area contributed by atoms with Crippen molar-refractivity contribution in [1.29, 1.82) is 0 Å². The summed E-state index contributed by atoms with van der Waals surface area (Å²) in [5.74, 6) is -0.455. The Kier molecular flexibility index (Phi) is 4.19. The zero-order valence-corrected chi connectivity index (χ0v) is 11.5. The fourth-order valence-electron chi connectivity index (χ4n) is 2.37. The van der Waals surface area contributed by atoms with Gasteiger partial charge in [0.05, 0.1) is 0 Å². The van der Waals surface area contributed by atoms with Crippen molar-refractivity contribution < 1.29 is 14.7 Å². The van der Waals surface area contributed by atoms with Crippen molar-refractivity contribution >= 4 is 17.7 Å². The lowest BCUT2D eigenvalue weighted by Crippen LogP contribution is -2.36. The molecule has 2 rings (SSSR count). The van der Waals surface area contributed by atoms with Crippen molar-refractivity contribution in [2.75, 3.05) is 26.0 Å². The Bertz CT molecular complexity index is 520. The molecule has 0 bridgehead atoms. The SMILES string of the molecule is CNc1cc(C(=O)N[C@H]2C[C@@H](C(=O)O)N(C)C2)ccn1. The lowest BCUT2D eigenvalue weighted by Gasteiger charge is -2.13. The number of hydrogen-bond donors (Lipinski definition) is 3. The van der Waals surface area contributed by atoms with E-state index in [1.807, 2.05) is 0 Å². The van der Waals surface area contributed by atoms with Gasteiger partial charge in [-0.1, -0.05) is 0 Å². The smallest absolute Gasteiger partial charge is 0.320 e. The molecule has 20 heavy (non-hydrogen) atoms. The predicted molar refractivity (Wildman–Crippen MR) is 73.7 cm³/mol. The Morgan fingerprint density at radius 1 is 1.50 bits per heavy atom. The monoisotopic (exact) mass is 278 g/mol. The van der Waals surface area contributed by atoms with Gasteiger partial charge in [0.2, 0.25) is 0 Å². The Morgan fingerprint density at radius 2 is 2.25 bits per heavy atom. The molecule has 7 nitrogen and oxygen atoms in total. The molecule has 0 radical (unpaired) electrons. The quantitative estimate of drug-likeness (QED) is 0.718. The molecule has 1 amide bonds. The van der Waals surface area contributed by atoms with Crippen LogP contribution in [0.1, 0.15) is 16.8 Å². The van der Waals surface area contributed by atoms with E-state index >= 15 is 0 Å². The number of nitrogens with zero attached hydrogens (tertiary/aromatic N) is 2. The van der Waals surface area contributed by atoms with E-state index in [-0.39, 0.29) is 11.9 Å². The van der Waals surface area contributed by atoms with Gasteiger partial charge in [0.25, 0.3) is 5.91 Å². The summed E-state index contributed by atoms with van der Waals surface area (Å²) in [6.45, 7) is 0.534. The minimum atomic E-state index is -0.856. The molecule has 0 aliphatic carbocycles. The van der Waals surface area contributed by atoms with E-state index in [0.29, 0.717) is 24.3 Å². The van der Waals surface area contributed by atoms with E-state index in [0.717, 1.165) is 0 Å². The van der Waals surface area contributed by atoms with Crippen molar-refractivity contribution in [1.82, 2.24) is 15.2 Å². The molecule has 1 aromatic heterocycles. The molecule has 108 valence electrons. The molecule has 0 unspecified atom stereocenters.